The van der Waals surface area contributed by atoms with Crippen molar-refractivity contribution in [1.29, 1.82) is 0 Å². The number of hydrogen-bond donors (Lipinski definition) is 3. The van der Waals surface area contributed by atoms with E-state index in [1.807, 2.05) is 6.08 Å². The molecule has 0 radical (unpaired) electrons. The molecule has 1 amide bonds. The summed E-state index contributed by atoms with van der Waals surface area (Å²) in [6.45, 7) is 4.82. The van der Waals surface area contributed by atoms with Gasteiger partial charge in [0.2, 0.25) is 5.91 Å². The second-order valence-corrected chi connectivity index (χ2v) is 16.1. The molecule has 0 saturated heterocycles. The average molecular weight is 762 g/mol. The Morgan fingerprint density at radius 2 is 0.889 bits per heavy atom. The number of aliphatic hydroxyl groups is 2. The van der Waals surface area contributed by atoms with Crippen LogP contribution >= 0.6 is 0 Å². The number of hydrogen-bond acceptors (Lipinski definition) is 5. The maximum absolute atomic E-state index is 12.4. The fraction of sp³-hybridized carbons (Fsp3) is 0.875. The Morgan fingerprint density at radius 1 is 0.500 bits per heavy atom. The summed E-state index contributed by atoms with van der Waals surface area (Å²) in [5.41, 5.74) is 0. The molecule has 0 aromatic heterocycles. The highest BCUT2D eigenvalue weighted by Crippen LogP contribution is 2.15. The minimum atomic E-state index is -0.848. The highest BCUT2D eigenvalue weighted by molar-refractivity contribution is 5.76. The van der Waals surface area contributed by atoms with Crippen LogP contribution in [-0.2, 0) is 14.3 Å². The van der Waals surface area contributed by atoms with Gasteiger partial charge in [-0.2, -0.15) is 0 Å². The largest absolute Gasteiger partial charge is 0.466 e. The number of amides is 1. The van der Waals surface area contributed by atoms with Gasteiger partial charge in [-0.05, 0) is 51.4 Å². The summed E-state index contributed by atoms with van der Waals surface area (Å²) >= 11 is 0. The number of carbonyl (C=O) groups is 2. The van der Waals surface area contributed by atoms with Crippen molar-refractivity contribution in [3.8, 4) is 0 Å². The summed E-state index contributed by atoms with van der Waals surface area (Å²) in [6.07, 6.45) is 50.2. The summed E-state index contributed by atoms with van der Waals surface area (Å²) in [7, 11) is 0. The first-order chi connectivity index (χ1) is 26.5. The van der Waals surface area contributed by atoms with E-state index < -0.39 is 12.1 Å². The summed E-state index contributed by atoms with van der Waals surface area (Å²) in [5.74, 6) is -0.0912. The van der Waals surface area contributed by atoms with Crippen LogP contribution in [0.4, 0.5) is 0 Å². The molecule has 0 aliphatic heterocycles. The van der Waals surface area contributed by atoms with Crippen LogP contribution in [0, 0.1) is 0 Å². The van der Waals surface area contributed by atoms with E-state index in [2.05, 4.69) is 31.3 Å². The number of aliphatic hydroxyl groups excluding tert-OH is 2. The normalized spacial score (nSPS) is 12.9. The molecule has 2 unspecified atom stereocenters. The van der Waals surface area contributed by atoms with Crippen molar-refractivity contribution in [2.75, 3.05) is 13.2 Å². The lowest BCUT2D eigenvalue weighted by atomic mass is 10.0. The van der Waals surface area contributed by atoms with Crippen molar-refractivity contribution in [2.24, 2.45) is 0 Å². The monoisotopic (exact) mass is 762 g/mol. The summed E-state index contributed by atoms with van der Waals surface area (Å²) in [6, 6.07) is -0.632. The van der Waals surface area contributed by atoms with Gasteiger partial charge in [-0.15, -0.1) is 0 Å². The van der Waals surface area contributed by atoms with Crippen LogP contribution in [0.2, 0.25) is 0 Å². The topological polar surface area (TPSA) is 95.9 Å². The van der Waals surface area contributed by atoms with Crippen molar-refractivity contribution in [3.63, 3.8) is 0 Å². The quantitative estimate of drug-likeness (QED) is 0.0327. The first kappa shape index (κ1) is 52.3. The minimum Gasteiger partial charge on any atom is -0.466 e. The maximum Gasteiger partial charge on any atom is 0.305 e. The number of rotatable bonds is 43. The molecule has 0 heterocycles. The van der Waals surface area contributed by atoms with Crippen molar-refractivity contribution >= 4 is 11.9 Å². The maximum atomic E-state index is 12.4. The molecule has 0 rings (SSSR count). The summed E-state index contributed by atoms with van der Waals surface area (Å²) in [5, 5.41) is 22.9. The standard InChI is InChI=1S/C48H91NO5/c1-3-5-7-9-11-13-20-24-28-32-36-40-46(51)45(44-50)49-47(52)41-37-33-29-25-22-18-16-15-17-19-23-27-31-35-39-43-54-48(53)42-38-34-30-26-21-14-12-10-8-6-4-2/h10,12,36,40,45-46,50-51H,3-9,11,13-35,37-39,41-44H2,1-2H3,(H,49,52)/b12-10-,40-36+. The number of carbonyl (C=O) groups excluding carboxylic acids is 2. The van der Waals surface area contributed by atoms with E-state index in [1.54, 1.807) is 6.08 Å². The molecule has 6 nitrogen and oxygen atoms in total. The molecule has 0 spiro atoms. The smallest absolute Gasteiger partial charge is 0.305 e. The second-order valence-electron chi connectivity index (χ2n) is 16.1. The van der Waals surface area contributed by atoms with E-state index >= 15 is 0 Å². The molecule has 0 aromatic carbocycles. The molecule has 0 saturated carbocycles. The van der Waals surface area contributed by atoms with Crippen molar-refractivity contribution in [2.45, 2.75) is 257 Å². The number of unbranched alkanes of at least 4 members (excludes halogenated alkanes) is 30. The van der Waals surface area contributed by atoms with E-state index in [-0.39, 0.29) is 18.5 Å². The summed E-state index contributed by atoms with van der Waals surface area (Å²) in [4.78, 5) is 24.3. The van der Waals surface area contributed by atoms with Gasteiger partial charge in [0.25, 0.3) is 0 Å². The Kier molecular flexibility index (Phi) is 42.7. The molecule has 0 aliphatic rings. The van der Waals surface area contributed by atoms with Crippen LogP contribution < -0.4 is 5.32 Å². The Labute approximate surface area is 335 Å². The molecular formula is C48H91NO5. The fourth-order valence-corrected chi connectivity index (χ4v) is 7.02. The van der Waals surface area contributed by atoms with Crippen molar-refractivity contribution < 1.29 is 24.5 Å². The van der Waals surface area contributed by atoms with E-state index in [0.29, 0.717) is 19.4 Å². The Bertz CT molecular complexity index is 843. The SMILES string of the molecule is CCCC/C=C\CCCCCCCC(=O)OCCCCCCCCCCCCCCCCCC(=O)NC(CO)C(O)/C=C/CCCCCCCCCCC. The number of ether oxygens (including phenoxy) is 1. The summed E-state index contributed by atoms with van der Waals surface area (Å²) < 4.78 is 5.43. The Morgan fingerprint density at radius 3 is 1.37 bits per heavy atom. The zero-order chi connectivity index (χ0) is 39.4. The molecule has 6 heteroatoms. The number of esters is 1. The molecule has 2 atom stereocenters. The molecule has 54 heavy (non-hydrogen) atoms. The van der Waals surface area contributed by atoms with Crippen LogP contribution in [0.25, 0.3) is 0 Å². The third-order valence-corrected chi connectivity index (χ3v) is 10.7. The van der Waals surface area contributed by atoms with E-state index in [0.717, 1.165) is 57.8 Å². The van der Waals surface area contributed by atoms with Gasteiger partial charge in [-0.1, -0.05) is 205 Å². The van der Waals surface area contributed by atoms with Crippen LogP contribution in [0.3, 0.4) is 0 Å². The van der Waals surface area contributed by atoms with E-state index in [1.165, 1.54) is 161 Å². The minimum absolute atomic E-state index is 0.0124. The van der Waals surface area contributed by atoms with Crippen LogP contribution in [0.5, 0.6) is 0 Å². The van der Waals surface area contributed by atoms with Crippen LogP contribution in [0.15, 0.2) is 24.3 Å². The third-order valence-electron chi connectivity index (χ3n) is 10.7. The highest BCUT2D eigenvalue weighted by atomic mass is 16.5. The van der Waals surface area contributed by atoms with Gasteiger partial charge in [0.15, 0.2) is 0 Å². The molecule has 0 fully saturated rings. The number of allylic oxidation sites excluding steroid dienone is 3. The van der Waals surface area contributed by atoms with Gasteiger partial charge in [-0.3, -0.25) is 9.59 Å². The first-order valence-electron chi connectivity index (χ1n) is 23.6. The molecule has 0 bridgehead atoms. The molecule has 0 aliphatic carbocycles. The van der Waals surface area contributed by atoms with Crippen LogP contribution in [0.1, 0.15) is 245 Å². The molecule has 3 N–H and O–H groups in total. The lowest BCUT2D eigenvalue weighted by Gasteiger charge is -2.20. The van der Waals surface area contributed by atoms with Gasteiger partial charge in [0.05, 0.1) is 25.4 Å². The average Bonchev–Trinajstić information content (AvgIpc) is 3.17. The van der Waals surface area contributed by atoms with Crippen molar-refractivity contribution in [3.05, 3.63) is 24.3 Å². The zero-order valence-electron chi connectivity index (χ0n) is 36.0. The molecular weight excluding hydrogens is 671 g/mol. The molecule has 0 aromatic rings. The van der Waals surface area contributed by atoms with Gasteiger partial charge in [0, 0.05) is 12.8 Å². The predicted octanol–water partition coefficient (Wildman–Crippen LogP) is 13.6. The third kappa shape index (κ3) is 40.0. The van der Waals surface area contributed by atoms with Crippen molar-refractivity contribution in [1.82, 2.24) is 5.32 Å². The lowest BCUT2D eigenvalue weighted by molar-refractivity contribution is -0.143. The fourth-order valence-electron chi connectivity index (χ4n) is 7.02. The van der Waals surface area contributed by atoms with Gasteiger partial charge in [-0.25, -0.2) is 0 Å². The van der Waals surface area contributed by atoms with Gasteiger partial charge < -0.3 is 20.3 Å². The Balaban J connectivity index is 3.47. The van der Waals surface area contributed by atoms with Gasteiger partial charge in [0.1, 0.15) is 0 Å². The lowest BCUT2D eigenvalue weighted by Crippen LogP contribution is -2.45. The van der Waals surface area contributed by atoms with E-state index in [4.69, 9.17) is 4.74 Å². The predicted molar refractivity (Wildman–Crippen MR) is 232 cm³/mol. The van der Waals surface area contributed by atoms with E-state index in [9.17, 15) is 19.8 Å². The molecule has 318 valence electrons. The first-order valence-corrected chi connectivity index (χ1v) is 23.6. The Hall–Kier alpha value is -1.66. The van der Waals surface area contributed by atoms with Crippen LogP contribution in [-0.4, -0.2) is 47.4 Å². The van der Waals surface area contributed by atoms with Gasteiger partial charge >= 0.3 is 5.97 Å². The zero-order valence-corrected chi connectivity index (χ0v) is 36.0. The highest BCUT2D eigenvalue weighted by Gasteiger charge is 2.18. The second kappa shape index (κ2) is 44.1. The number of nitrogens with one attached hydrogen (secondary N) is 1.